The molecule has 0 radical (unpaired) electrons. The second-order valence-electron chi connectivity index (χ2n) is 8.71. The quantitative estimate of drug-likeness (QED) is 0.0483. The Balaban J connectivity index is 0.00000192. The number of amides is 3. The molecule has 2 aromatic rings. The molecule has 2 aliphatic heterocycles. The molecule has 0 spiro atoms. The highest BCUT2D eigenvalue weighted by molar-refractivity contribution is 8.01. The molecule has 2 aliphatic rings. The van der Waals surface area contributed by atoms with Crippen LogP contribution in [0.15, 0.2) is 27.0 Å². The van der Waals surface area contributed by atoms with Gasteiger partial charge < -0.3 is 31.2 Å². The molecule has 26 heteroatoms. The van der Waals surface area contributed by atoms with Crippen molar-refractivity contribution in [1.82, 2.24) is 35.4 Å². The first kappa shape index (κ1) is 36.6. The molecule has 20 nitrogen and oxygen atoms in total. The first-order valence-electron chi connectivity index (χ1n) is 12.3. The predicted molar refractivity (Wildman–Crippen MR) is 153 cm³/mol. The van der Waals surface area contributed by atoms with Crippen molar-refractivity contribution >= 4 is 81.8 Å². The third kappa shape index (κ3) is 8.71. The van der Waals surface area contributed by atoms with Crippen LogP contribution in [0.3, 0.4) is 0 Å². The number of tetrazole rings is 1. The molecule has 0 aliphatic carbocycles. The largest absolute Gasteiger partial charge is 0.483 e. The standard InChI is InChI=1S/C20H19F3N10O8S3.CH2O2/c1-41-29-9(8-5-43-18(25-8)27-17(40)20(21,22)23)12(34)26-10-13(35)33-11(16(38)39)6(3-42-14(10)33)4-44-19-28-30-31-32(19)2-7(24)15(36)37;2-1-3/h5,7,10,14H,2-4,24H2,1H3,(H,26,34)(H,36,37)(H,38,39)(H,25,27,40);1H,(H,2,3)/t7?,10?,14-;/m0./s1. The summed E-state index contributed by atoms with van der Waals surface area (Å²) in [6.07, 6.45) is -5.17. The zero-order valence-electron chi connectivity index (χ0n) is 23.3. The number of aliphatic carboxylic acids is 2. The average Bonchev–Trinajstić information content (AvgIpc) is 3.65. The number of rotatable bonds is 12. The van der Waals surface area contributed by atoms with Crippen LogP contribution in [0.25, 0.3) is 0 Å². The topological polar surface area (TPSA) is 295 Å². The average molecular weight is 727 g/mol. The van der Waals surface area contributed by atoms with E-state index in [0.29, 0.717) is 16.9 Å². The van der Waals surface area contributed by atoms with Crippen molar-refractivity contribution in [2.75, 3.05) is 23.9 Å². The van der Waals surface area contributed by atoms with Gasteiger partial charge in [-0.2, -0.15) is 13.2 Å². The number of carboxylic acids is 2. The molecule has 0 aromatic carbocycles. The van der Waals surface area contributed by atoms with Crippen LogP contribution in [-0.4, -0.2) is 130 Å². The maximum absolute atomic E-state index is 13.0. The highest BCUT2D eigenvalue weighted by atomic mass is 32.2. The Labute approximate surface area is 271 Å². The number of aromatic nitrogens is 5. The smallest absolute Gasteiger partial charge is 0.471 e. The fourth-order valence-corrected chi connectivity index (χ4v) is 6.80. The summed E-state index contributed by atoms with van der Waals surface area (Å²) in [5.74, 6) is -6.58. The van der Waals surface area contributed by atoms with E-state index in [-0.39, 0.29) is 41.1 Å². The Morgan fingerprint density at radius 3 is 2.60 bits per heavy atom. The van der Waals surface area contributed by atoms with Crippen LogP contribution >= 0.6 is 34.9 Å². The number of nitrogens with zero attached hydrogens (tertiary/aromatic N) is 7. The number of nitrogens with two attached hydrogens (primary N) is 1. The lowest BCUT2D eigenvalue weighted by atomic mass is 10.0. The Morgan fingerprint density at radius 1 is 1.32 bits per heavy atom. The Bertz CT molecular complexity index is 1610. The van der Waals surface area contributed by atoms with Crippen LogP contribution in [0.4, 0.5) is 18.3 Å². The van der Waals surface area contributed by atoms with E-state index in [1.54, 1.807) is 5.32 Å². The predicted octanol–water partition coefficient (Wildman–Crippen LogP) is -1.38. The third-order valence-corrected chi connectivity index (χ3v) is 8.86. The van der Waals surface area contributed by atoms with Gasteiger partial charge in [0.2, 0.25) is 5.16 Å². The van der Waals surface area contributed by atoms with Crippen molar-refractivity contribution in [2.24, 2.45) is 10.9 Å². The van der Waals surface area contributed by atoms with E-state index >= 15 is 0 Å². The highest BCUT2D eigenvalue weighted by Gasteiger charge is 2.54. The van der Waals surface area contributed by atoms with Crippen molar-refractivity contribution < 1.29 is 62.1 Å². The molecule has 7 N–H and O–H groups in total. The van der Waals surface area contributed by atoms with Gasteiger partial charge in [-0.1, -0.05) is 16.9 Å². The molecule has 4 heterocycles. The van der Waals surface area contributed by atoms with Crippen molar-refractivity contribution in [3.05, 3.63) is 22.3 Å². The van der Waals surface area contributed by atoms with Gasteiger partial charge in [-0.05, 0) is 16.0 Å². The monoisotopic (exact) mass is 726 g/mol. The van der Waals surface area contributed by atoms with E-state index in [4.69, 9.17) is 20.7 Å². The summed E-state index contributed by atoms with van der Waals surface area (Å²) in [6.45, 7) is -0.489. The molecule has 3 amide bonds. The van der Waals surface area contributed by atoms with Crippen molar-refractivity contribution in [2.45, 2.75) is 35.3 Å². The van der Waals surface area contributed by atoms with Crippen LogP contribution in [0.1, 0.15) is 5.69 Å². The number of hydrogen-bond acceptors (Lipinski definition) is 16. The van der Waals surface area contributed by atoms with Gasteiger partial charge in [0.1, 0.15) is 36.0 Å². The van der Waals surface area contributed by atoms with E-state index < -0.39 is 64.1 Å². The molecule has 47 heavy (non-hydrogen) atoms. The number of hydrogen-bond donors (Lipinski definition) is 6. The number of anilines is 1. The molecule has 2 unspecified atom stereocenters. The molecule has 1 fully saturated rings. The van der Waals surface area contributed by atoms with E-state index in [9.17, 15) is 42.3 Å². The lowest BCUT2D eigenvalue weighted by molar-refractivity contribution is -0.167. The van der Waals surface area contributed by atoms with Gasteiger partial charge in [-0.15, -0.1) is 28.2 Å². The van der Waals surface area contributed by atoms with E-state index in [1.165, 1.54) is 0 Å². The summed E-state index contributed by atoms with van der Waals surface area (Å²) in [5, 5.41) is 44.2. The van der Waals surface area contributed by atoms with Gasteiger partial charge in [0, 0.05) is 16.9 Å². The summed E-state index contributed by atoms with van der Waals surface area (Å²) < 4.78 is 38.8. The number of carboxylic acid groups (broad SMARTS) is 3. The minimum absolute atomic E-state index is 0.0204. The molecular formula is C21H21F3N10O10S3. The third-order valence-electron chi connectivity index (χ3n) is 5.72. The minimum Gasteiger partial charge on any atom is -0.483 e. The summed E-state index contributed by atoms with van der Waals surface area (Å²) in [6, 6.07) is -2.49. The summed E-state index contributed by atoms with van der Waals surface area (Å²) in [5.41, 5.74) is 4.76. The first-order chi connectivity index (χ1) is 22.1. The highest BCUT2D eigenvalue weighted by Crippen LogP contribution is 2.41. The number of oxime groups is 1. The molecule has 2 aromatic heterocycles. The summed E-state index contributed by atoms with van der Waals surface area (Å²) in [4.78, 5) is 78.2. The zero-order valence-corrected chi connectivity index (χ0v) is 25.7. The van der Waals surface area contributed by atoms with Gasteiger partial charge >= 0.3 is 24.0 Å². The zero-order chi connectivity index (χ0) is 35.1. The number of alkyl halides is 3. The van der Waals surface area contributed by atoms with Gasteiger partial charge in [-0.25, -0.2) is 14.5 Å². The van der Waals surface area contributed by atoms with Crippen molar-refractivity contribution in [3.63, 3.8) is 0 Å². The molecular weight excluding hydrogens is 705 g/mol. The number of thioether (sulfide) groups is 2. The molecule has 0 saturated carbocycles. The maximum Gasteiger partial charge on any atom is 0.471 e. The molecule has 3 atom stereocenters. The Hall–Kier alpha value is -4.82. The number of nitrogens with one attached hydrogen (secondary N) is 2. The summed E-state index contributed by atoms with van der Waals surface area (Å²) >= 11 is 2.72. The molecule has 0 bridgehead atoms. The normalized spacial score (nSPS) is 18.2. The van der Waals surface area contributed by atoms with E-state index in [2.05, 4.69) is 35.8 Å². The van der Waals surface area contributed by atoms with Crippen LogP contribution in [-0.2, 0) is 40.1 Å². The van der Waals surface area contributed by atoms with Crippen LogP contribution in [0, 0.1) is 0 Å². The maximum atomic E-state index is 13.0. The van der Waals surface area contributed by atoms with Gasteiger partial charge in [0.15, 0.2) is 10.8 Å². The fourth-order valence-electron chi connectivity index (χ4n) is 3.74. The number of thiazole rings is 1. The van der Waals surface area contributed by atoms with Gasteiger partial charge in [0.25, 0.3) is 18.3 Å². The number of halogens is 3. The Kier molecular flexibility index (Phi) is 12.2. The number of β-lactam (4-membered cyclic amide) rings is 1. The number of fused-ring (bicyclic) bond motifs is 1. The van der Waals surface area contributed by atoms with Crippen LogP contribution in [0.5, 0.6) is 0 Å². The minimum atomic E-state index is -5.17. The Morgan fingerprint density at radius 2 is 2.00 bits per heavy atom. The van der Waals surface area contributed by atoms with E-state index in [1.807, 2.05) is 0 Å². The molecule has 4 rings (SSSR count). The summed E-state index contributed by atoms with van der Waals surface area (Å²) in [7, 11) is 1.09. The number of carbonyl (C=O) groups is 6. The fraction of sp³-hybridized carbons (Fsp3) is 0.381. The molecule has 254 valence electrons. The number of carbonyl (C=O) groups excluding carboxylic acids is 3. The van der Waals surface area contributed by atoms with Crippen molar-refractivity contribution in [3.8, 4) is 0 Å². The van der Waals surface area contributed by atoms with Crippen LogP contribution in [0.2, 0.25) is 0 Å². The van der Waals surface area contributed by atoms with Gasteiger partial charge in [-0.3, -0.25) is 34.2 Å². The van der Waals surface area contributed by atoms with E-state index in [0.717, 1.165) is 45.6 Å². The lowest BCUT2D eigenvalue weighted by Gasteiger charge is -2.49. The first-order valence-corrected chi connectivity index (χ1v) is 15.2. The van der Waals surface area contributed by atoms with Crippen molar-refractivity contribution in [1.29, 1.82) is 0 Å². The SMILES string of the molecule is CON=C(C(=O)NC1C(=O)N2C(C(=O)O)=C(CSc3nnnn3CC(N)C(=O)O)CS[C@@H]12)c1csc(NC(=O)C(F)(F)F)n1.O=CO. The van der Waals surface area contributed by atoms with Gasteiger partial charge in [0.05, 0.1) is 6.54 Å². The second kappa shape index (κ2) is 15.6. The second-order valence-corrected chi connectivity index (χ2v) is 11.6. The van der Waals surface area contributed by atoms with Crippen LogP contribution < -0.4 is 16.4 Å². The lowest BCUT2D eigenvalue weighted by Crippen LogP contribution is -2.71. The molecule has 1 saturated heterocycles.